The van der Waals surface area contributed by atoms with Crippen molar-refractivity contribution >= 4 is 45.1 Å². The van der Waals surface area contributed by atoms with E-state index in [1.54, 1.807) is 41.7 Å². The first-order valence-electron chi connectivity index (χ1n) is 11.6. The van der Waals surface area contributed by atoms with Crippen molar-refractivity contribution in [3.8, 4) is 16.3 Å². The van der Waals surface area contributed by atoms with Gasteiger partial charge in [-0.2, -0.15) is 0 Å². The van der Waals surface area contributed by atoms with Crippen molar-refractivity contribution in [3.05, 3.63) is 77.9 Å². The zero-order valence-corrected chi connectivity index (χ0v) is 20.2. The molecule has 3 aromatic carbocycles. The molecule has 0 aliphatic carbocycles. The summed E-state index contributed by atoms with van der Waals surface area (Å²) in [4.78, 5) is 44.5. The van der Waals surface area contributed by atoms with E-state index in [4.69, 9.17) is 9.72 Å². The van der Waals surface area contributed by atoms with Crippen LogP contribution in [0.5, 0.6) is 5.75 Å². The predicted octanol–water partition coefficient (Wildman–Crippen LogP) is 4.44. The normalized spacial score (nSPS) is 18.8. The van der Waals surface area contributed by atoms with Crippen molar-refractivity contribution in [3.63, 3.8) is 0 Å². The van der Waals surface area contributed by atoms with Gasteiger partial charge in [-0.25, -0.2) is 9.78 Å². The minimum atomic E-state index is -1.20. The van der Waals surface area contributed by atoms with Gasteiger partial charge in [0.25, 0.3) is 5.91 Å². The molecule has 1 aromatic heterocycles. The number of thiazole rings is 1. The number of hydrogen-bond acceptors (Lipinski definition) is 6. The number of aromatic nitrogens is 1. The first-order valence-corrected chi connectivity index (χ1v) is 12.4. The van der Waals surface area contributed by atoms with E-state index in [9.17, 15) is 14.4 Å². The van der Waals surface area contributed by atoms with Gasteiger partial charge in [-0.15, -0.1) is 11.3 Å². The van der Waals surface area contributed by atoms with Gasteiger partial charge in [-0.1, -0.05) is 24.3 Å². The fraction of sp³-hybridized carbons (Fsp3) is 0.185. The maximum absolute atomic E-state index is 13.3. The predicted molar refractivity (Wildman–Crippen MR) is 137 cm³/mol. The van der Waals surface area contributed by atoms with E-state index in [1.807, 2.05) is 30.3 Å². The number of rotatable bonds is 4. The molecule has 0 saturated carbocycles. The zero-order valence-electron chi connectivity index (χ0n) is 19.4. The van der Waals surface area contributed by atoms with Gasteiger partial charge in [0.2, 0.25) is 5.91 Å². The Morgan fingerprint density at radius 1 is 1.14 bits per heavy atom. The van der Waals surface area contributed by atoms with Crippen molar-refractivity contribution in [1.82, 2.24) is 15.2 Å². The monoisotopic (exact) mass is 498 g/mol. The highest BCUT2D eigenvalue weighted by Crippen LogP contribution is 2.41. The lowest BCUT2D eigenvalue weighted by Gasteiger charge is -2.33. The Morgan fingerprint density at radius 2 is 1.94 bits per heavy atom. The van der Waals surface area contributed by atoms with Crippen LogP contribution in [-0.4, -0.2) is 40.9 Å². The third-order valence-corrected chi connectivity index (χ3v) is 7.59. The molecular weight excluding hydrogens is 476 g/mol. The number of aryl methyl sites for hydroxylation is 1. The third kappa shape index (κ3) is 3.68. The average Bonchev–Trinajstić information content (AvgIpc) is 3.39. The Balaban J connectivity index is 1.15. The molecule has 3 heterocycles. The molecule has 6 rings (SSSR count). The van der Waals surface area contributed by atoms with Crippen molar-refractivity contribution in [1.29, 1.82) is 0 Å². The average molecular weight is 499 g/mol. The van der Waals surface area contributed by atoms with Crippen LogP contribution in [0.15, 0.2) is 66.7 Å². The highest BCUT2D eigenvalue weighted by Gasteiger charge is 2.55. The van der Waals surface area contributed by atoms with Gasteiger partial charge in [0.05, 0.1) is 16.8 Å². The number of benzene rings is 3. The summed E-state index contributed by atoms with van der Waals surface area (Å²) in [5.41, 5.74) is 3.06. The molecule has 2 N–H and O–H groups in total. The highest BCUT2D eigenvalue weighted by atomic mass is 32.1. The fourth-order valence-corrected chi connectivity index (χ4v) is 5.78. The minimum absolute atomic E-state index is 0.295. The van der Waals surface area contributed by atoms with Gasteiger partial charge in [-0.3, -0.25) is 14.5 Å². The van der Waals surface area contributed by atoms with Gasteiger partial charge in [0.15, 0.2) is 5.54 Å². The van der Waals surface area contributed by atoms with Gasteiger partial charge in [0.1, 0.15) is 17.3 Å². The lowest BCUT2D eigenvalue weighted by Crippen LogP contribution is -2.48. The second-order valence-electron chi connectivity index (χ2n) is 8.94. The lowest BCUT2D eigenvalue weighted by atomic mass is 9.84. The van der Waals surface area contributed by atoms with Gasteiger partial charge in [-0.05, 0) is 55.0 Å². The van der Waals surface area contributed by atoms with E-state index in [0.29, 0.717) is 30.0 Å². The number of urea groups is 1. The van der Waals surface area contributed by atoms with Crippen molar-refractivity contribution in [2.24, 2.45) is 0 Å². The van der Waals surface area contributed by atoms with Crippen molar-refractivity contribution in [2.45, 2.75) is 18.9 Å². The fourth-order valence-electron chi connectivity index (χ4n) is 4.71. The van der Waals surface area contributed by atoms with Crippen molar-refractivity contribution < 1.29 is 19.1 Å². The van der Waals surface area contributed by atoms with Gasteiger partial charge >= 0.3 is 6.03 Å². The first kappa shape index (κ1) is 22.2. The summed E-state index contributed by atoms with van der Waals surface area (Å²) in [6, 6.07) is 20.1. The maximum Gasteiger partial charge on any atom is 0.325 e. The summed E-state index contributed by atoms with van der Waals surface area (Å²) in [5.74, 6) is -0.342. The van der Waals surface area contributed by atoms with E-state index in [-0.39, 0.29) is 6.54 Å². The number of nitrogens with zero attached hydrogens (tertiary/aromatic N) is 2. The molecule has 8 nitrogen and oxygen atoms in total. The summed E-state index contributed by atoms with van der Waals surface area (Å²) in [7, 11) is 0. The van der Waals surface area contributed by atoms with E-state index < -0.39 is 23.4 Å². The molecule has 0 unspecified atom stereocenters. The Kier molecular flexibility index (Phi) is 5.22. The molecule has 0 radical (unpaired) electrons. The molecule has 1 saturated heterocycles. The molecule has 4 aromatic rings. The van der Waals surface area contributed by atoms with Crippen LogP contribution in [0.1, 0.15) is 17.5 Å². The number of amides is 4. The standard InChI is InChI=1S/C27H22N4O4S/c1-16-6-11-20-22(14-16)36-24(29-20)17-7-9-18(10-8-17)28-23(32)15-31-25(33)27(30-26(31)34)12-13-35-21-5-3-2-4-19(21)27/h2-11,14H,12-13,15H2,1H3,(H,28,32)(H,30,34)/t27-/m0/s1. The van der Waals surface area contributed by atoms with E-state index in [1.165, 1.54) is 5.56 Å². The lowest BCUT2D eigenvalue weighted by molar-refractivity contribution is -0.135. The number of fused-ring (bicyclic) bond motifs is 3. The Bertz CT molecular complexity index is 1530. The molecule has 1 atom stereocenters. The molecule has 1 spiro atoms. The highest BCUT2D eigenvalue weighted by molar-refractivity contribution is 7.21. The molecule has 36 heavy (non-hydrogen) atoms. The number of imide groups is 1. The summed E-state index contributed by atoms with van der Waals surface area (Å²) in [5, 5.41) is 6.48. The summed E-state index contributed by atoms with van der Waals surface area (Å²) in [6.07, 6.45) is 0.305. The molecular formula is C27H22N4O4S. The van der Waals surface area contributed by atoms with Crippen LogP contribution in [0.3, 0.4) is 0 Å². The Hall–Kier alpha value is -4.24. The zero-order chi connectivity index (χ0) is 24.9. The molecule has 2 aliphatic heterocycles. The van der Waals surface area contributed by atoms with Crippen LogP contribution < -0.4 is 15.4 Å². The molecule has 1 fully saturated rings. The number of carbonyl (C=O) groups is 3. The second kappa shape index (κ2) is 8.46. The Labute approximate surface area is 210 Å². The smallest absolute Gasteiger partial charge is 0.325 e. The van der Waals surface area contributed by atoms with E-state index in [0.717, 1.165) is 25.7 Å². The minimum Gasteiger partial charge on any atom is -0.493 e. The third-order valence-electron chi connectivity index (χ3n) is 6.52. The van der Waals surface area contributed by atoms with Crippen LogP contribution in [0.2, 0.25) is 0 Å². The van der Waals surface area contributed by atoms with E-state index >= 15 is 0 Å². The number of nitrogens with one attached hydrogen (secondary N) is 2. The van der Waals surface area contributed by atoms with Gasteiger partial charge in [0, 0.05) is 23.2 Å². The van der Waals surface area contributed by atoms with Crippen LogP contribution in [0.25, 0.3) is 20.8 Å². The van der Waals surface area contributed by atoms with Crippen LogP contribution in [-0.2, 0) is 15.1 Å². The summed E-state index contributed by atoms with van der Waals surface area (Å²) >= 11 is 1.62. The van der Waals surface area contributed by atoms with Crippen LogP contribution in [0, 0.1) is 6.92 Å². The number of ether oxygens (including phenoxy) is 1. The second-order valence-corrected chi connectivity index (χ2v) is 9.97. The molecule has 0 bridgehead atoms. The van der Waals surface area contributed by atoms with Gasteiger partial charge < -0.3 is 15.4 Å². The number of hydrogen-bond donors (Lipinski definition) is 2. The number of carbonyl (C=O) groups excluding carboxylic acids is 3. The largest absolute Gasteiger partial charge is 0.493 e. The molecule has 2 aliphatic rings. The number of para-hydroxylation sites is 1. The summed E-state index contributed by atoms with van der Waals surface area (Å²) < 4.78 is 6.77. The topological polar surface area (TPSA) is 101 Å². The first-order chi connectivity index (χ1) is 17.4. The maximum atomic E-state index is 13.3. The SMILES string of the molecule is Cc1ccc2nc(-c3ccc(NC(=O)CN4C(=O)N[C@]5(CCOc6ccccc65)C4=O)cc3)sc2c1. The van der Waals surface area contributed by atoms with Crippen molar-refractivity contribution in [2.75, 3.05) is 18.5 Å². The quantitative estimate of drug-likeness (QED) is 0.405. The molecule has 180 valence electrons. The van der Waals surface area contributed by atoms with Crippen LogP contribution in [0.4, 0.5) is 10.5 Å². The molecule has 9 heteroatoms. The summed E-state index contributed by atoms with van der Waals surface area (Å²) in [6.45, 7) is 1.97. The molecule has 4 amide bonds. The van der Waals surface area contributed by atoms with Crippen LogP contribution >= 0.6 is 11.3 Å². The number of anilines is 1. The Morgan fingerprint density at radius 3 is 2.78 bits per heavy atom. The van der Waals surface area contributed by atoms with E-state index in [2.05, 4.69) is 23.6 Å².